The van der Waals surface area contributed by atoms with Crippen molar-refractivity contribution in [1.29, 1.82) is 0 Å². The standard InChI is InChI=1S/C36H44F2N2O4/c1-21(2)12-31(40-20-26(22(3)16-33(40)42)8-11-39-9-7-10-39)32(41)18-27(19-34(43)44)30-17-28(13-25(6)36(30)38)35-23(4)14-29(37)15-24(35)5/h13-17,20-21,27,31H,7-12,18-19H2,1-6H3,(H,43,44)/t27-,31?/m0/s1. The number of Topliss-reactive ketones (excluding diaryl/α,β-unsaturated/α-hetero) is 1. The second-order valence-corrected chi connectivity index (χ2v) is 12.9. The van der Waals surface area contributed by atoms with E-state index in [0.29, 0.717) is 28.7 Å². The van der Waals surface area contributed by atoms with Gasteiger partial charge in [-0.05, 0) is 135 Å². The Morgan fingerprint density at radius 2 is 1.57 bits per heavy atom. The molecular weight excluding hydrogens is 562 g/mol. The topological polar surface area (TPSA) is 79.6 Å². The second-order valence-electron chi connectivity index (χ2n) is 12.9. The van der Waals surface area contributed by atoms with E-state index in [0.717, 1.165) is 42.7 Å². The first kappa shape index (κ1) is 33.2. The predicted octanol–water partition coefficient (Wildman–Crippen LogP) is 7.08. The smallest absolute Gasteiger partial charge is 0.303 e. The summed E-state index contributed by atoms with van der Waals surface area (Å²) in [6.07, 6.45) is 3.44. The molecule has 1 N–H and O–H groups in total. The highest BCUT2D eigenvalue weighted by atomic mass is 19.1. The van der Waals surface area contributed by atoms with E-state index in [1.54, 1.807) is 45.2 Å². The monoisotopic (exact) mass is 606 g/mol. The van der Waals surface area contributed by atoms with Crippen LogP contribution in [0.25, 0.3) is 11.1 Å². The quantitative estimate of drug-likeness (QED) is 0.225. The summed E-state index contributed by atoms with van der Waals surface area (Å²) in [6, 6.07) is 6.84. The third-order valence-corrected chi connectivity index (χ3v) is 8.82. The SMILES string of the molecule is Cc1cc(=O)n(C(CC(C)C)C(=O)C[C@@H](CC(=O)O)c2cc(-c3c(C)cc(F)cc3C)cc(C)c2F)cc1CCN1CCC1. The van der Waals surface area contributed by atoms with Crippen molar-refractivity contribution in [2.75, 3.05) is 19.6 Å². The van der Waals surface area contributed by atoms with Gasteiger partial charge >= 0.3 is 5.97 Å². The number of benzene rings is 2. The minimum atomic E-state index is -1.15. The third-order valence-electron chi connectivity index (χ3n) is 8.82. The first-order chi connectivity index (χ1) is 20.7. The molecule has 0 amide bonds. The lowest BCUT2D eigenvalue weighted by Crippen LogP contribution is -2.38. The molecule has 2 heterocycles. The molecule has 2 atom stereocenters. The van der Waals surface area contributed by atoms with Crippen LogP contribution < -0.4 is 5.56 Å². The molecule has 1 aromatic heterocycles. The average Bonchev–Trinajstić information content (AvgIpc) is 2.88. The van der Waals surface area contributed by atoms with Crippen LogP contribution in [0.2, 0.25) is 0 Å². The molecule has 2 aromatic carbocycles. The first-order valence-corrected chi connectivity index (χ1v) is 15.5. The fraction of sp³-hybridized carbons (Fsp3) is 0.472. The molecule has 3 aromatic rings. The highest BCUT2D eigenvalue weighted by molar-refractivity contribution is 5.84. The lowest BCUT2D eigenvalue weighted by atomic mass is 9.84. The number of carboxylic acids is 1. The minimum Gasteiger partial charge on any atom is -0.481 e. The van der Waals surface area contributed by atoms with Gasteiger partial charge in [-0.1, -0.05) is 13.8 Å². The molecule has 0 saturated carbocycles. The summed E-state index contributed by atoms with van der Waals surface area (Å²) in [7, 11) is 0. The summed E-state index contributed by atoms with van der Waals surface area (Å²) in [5, 5.41) is 9.83. The Morgan fingerprint density at radius 1 is 0.909 bits per heavy atom. The van der Waals surface area contributed by atoms with E-state index in [2.05, 4.69) is 4.90 Å². The molecular formula is C36H44F2N2O4. The lowest BCUT2D eigenvalue weighted by molar-refractivity contribution is -0.137. The van der Waals surface area contributed by atoms with Crippen LogP contribution in [0.1, 0.15) is 84.9 Å². The molecule has 0 radical (unpaired) electrons. The number of nitrogens with zero attached hydrogens (tertiary/aromatic N) is 2. The van der Waals surface area contributed by atoms with Gasteiger partial charge in [0.15, 0.2) is 5.78 Å². The lowest BCUT2D eigenvalue weighted by Gasteiger charge is -2.31. The Hall–Kier alpha value is -3.65. The molecule has 0 bridgehead atoms. The van der Waals surface area contributed by atoms with E-state index in [4.69, 9.17) is 0 Å². The number of rotatable bonds is 13. The molecule has 44 heavy (non-hydrogen) atoms. The largest absolute Gasteiger partial charge is 0.481 e. The van der Waals surface area contributed by atoms with Gasteiger partial charge < -0.3 is 14.6 Å². The Kier molecular flexibility index (Phi) is 10.6. The highest BCUT2D eigenvalue weighted by Crippen LogP contribution is 2.36. The number of carbonyl (C=O) groups excluding carboxylic acids is 1. The molecule has 0 spiro atoms. The molecule has 1 aliphatic heterocycles. The molecule has 236 valence electrons. The van der Waals surface area contributed by atoms with E-state index >= 15 is 4.39 Å². The number of aryl methyl sites for hydroxylation is 4. The van der Waals surface area contributed by atoms with Crippen molar-refractivity contribution in [3.8, 4) is 11.1 Å². The number of hydrogen-bond donors (Lipinski definition) is 1. The summed E-state index contributed by atoms with van der Waals surface area (Å²) in [6.45, 7) is 14.0. The molecule has 6 nitrogen and oxygen atoms in total. The summed E-state index contributed by atoms with van der Waals surface area (Å²) >= 11 is 0. The molecule has 1 aliphatic rings. The molecule has 4 rings (SSSR count). The van der Waals surface area contributed by atoms with Crippen LogP contribution in [-0.2, 0) is 16.0 Å². The Morgan fingerprint density at radius 3 is 2.14 bits per heavy atom. The number of halogens is 2. The number of aromatic nitrogens is 1. The fourth-order valence-electron chi connectivity index (χ4n) is 6.41. The van der Waals surface area contributed by atoms with Crippen molar-refractivity contribution in [3.05, 3.63) is 91.9 Å². The normalized spacial score (nSPS) is 14.8. The highest BCUT2D eigenvalue weighted by Gasteiger charge is 2.30. The van der Waals surface area contributed by atoms with Gasteiger partial charge in [-0.15, -0.1) is 0 Å². The fourth-order valence-corrected chi connectivity index (χ4v) is 6.41. The van der Waals surface area contributed by atoms with Gasteiger partial charge in [0.05, 0.1) is 12.5 Å². The van der Waals surface area contributed by atoms with E-state index in [1.807, 2.05) is 20.8 Å². The van der Waals surface area contributed by atoms with Crippen LogP contribution in [0, 0.1) is 45.2 Å². The maximum atomic E-state index is 15.8. The van der Waals surface area contributed by atoms with Crippen LogP contribution in [-0.4, -0.2) is 46.0 Å². The van der Waals surface area contributed by atoms with E-state index in [-0.39, 0.29) is 35.1 Å². The molecule has 1 fully saturated rings. The first-order valence-electron chi connectivity index (χ1n) is 15.5. The minimum absolute atomic E-state index is 0.0753. The number of aliphatic carboxylic acids is 1. The summed E-state index contributed by atoms with van der Waals surface area (Å²) in [5.74, 6) is -3.27. The Bertz CT molecular complexity index is 1580. The van der Waals surface area contributed by atoms with Crippen LogP contribution in [0.4, 0.5) is 8.78 Å². The van der Waals surface area contributed by atoms with Gasteiger partial charge in [0.1, 0.15) is 11.6 Å². The van der Waals surface area contributed by atoms with E-state index < -0.39 is 30.2 Å². The van der Waals surface area contributed by atoms with Crippen LogP contribution >= 0.6 is 0 Å². The van der Waals surface area contributed by atoms with Crippen LogP contribution in [0.3, 0.4) is 0 Å². The third kappa shape index (κ3) is 7.70. The van der Waals surface area contributed by atoms with Crippen molar-refractivity contribution < 1.29 is 23.5 Å². The van der Waals surface area contributed by atoms with Gasteiger partial charge in [-0.25, -0.2) is 8.78 Å². The number of carbonyl (C=O) groups is 2. The predicted molar refractivity (Wildman–Crippen MR) is 169 cm³/mol. The van der Waals surface area contributed by atoms with E-state index in [9.17, 15) is 23.9 Å². The van der Waals surface area contributed by atoms with Gasteiger partial charge in [0, 0.05) is 31.1 Å². The maximum absolute atomic E-state index is 15.8. The zero-order valence-corrected chi connectivity index (χ0v) is 26.7. The number of ketones is 1. The molecule has 1 saturated heterocycles. The zero-order chi connectivity index (χ0) is 32.3. The van der Waals surface area contributed by atoms with Crippen molar-refractivity contribution in [2.24, 2.45) is 5.92 Å². The van der Waals surface area contributed by atoms with Gasteiger partial charge in [-0.2, -0.15) is 0 Å². The van der Waals surface area contributed by atoms with Crippen molar-refractivity contribution in [1.82, 2.24) is 9.47 Å². The van der Waals surface area contributed by atoms with Crippen molar-refractivity contribution >= 4 is 11.8 Å². The summed E-state index contributed by atoms with van der Waals surface area (Å²) in [5.41, 5.74) is 4.76. The van der Waals surface area contributed by atoms with Gasteiger partial charge in [0.25, 0.3) is 5.56 Å². The van der Waals surface area contributed by atoms with Gasteiger partial charge in [-0.3, -0.25) is 14.4 Å². The Labute approximate surface area is 258 Å². The van der Waals surface area contributed by atoms with Crippen molar-refractivity contribution in [3.63, 3.8) is 0 Å². The molecule has 1 unspecified atom stereocenters. The maximum Gasteiger partial charge on any atom is 0.303 e. The van der Waals surface area contributed by atoms with Crippen LogP contribution in [0.5, 0.6) is 0 Å². The number of hydrogen-bond acceptors (Lipinski definition) is 4. The average molecular weight is 607 g/mol. The van der Waals surface area contributed by atoms with Gasteiger partial charge in [0.2, 0.25) is 0 Å². The second kappa shape index (κ2) is 14.0. The number of likely N-dealkylation sites (tertiary alicyclic amines) is 1. The summed E-state index contributed by atoms with van der Waals surface area (Å²) in [4.78, 5) is 41.7. The number of pyridine rings is 1. The molecule has 8 heteroatoms. The number of carboxylic acid groups (broad SMARTS) is 1. The zero-order valence-electron chi connectivity index (χ0n) is 26.7. The van der Waals surface area contributed by atoms with Crippen LogP contribution in [0.15, 0.2) is 41.3 Å². The Balaban J connectivity index is 1.73. The van der Waals surface area contributed by atoms with Crippen molar-refractivity contribution in [2.45, 2.75) is 85.6 Å². The van der Waals surface area contributed by atoms with E-state index in [1.165, 1.54) is 23.1 Å². The molecule has 0 aliphatic carbocycles. The summed E-state index contributed by atoms with van der Waals surface area (Å²) < 4.78 is 31.3.